The molecule has 1 N–H and O–H groups in total. The Morgan fingerprint density at radius 3 is 2.37 bits per heavy atom. The standard InChI is InChI=1S/C25H39NO3S/c1-25(2,3)21-13-11-20(12-14-21)19-30(28)23-10-6-5-9-22(23)29-24(27)15-18-26-16-7-4-8-17-26/h11-14,22-23H,4-10,15-19H2,1-3H3/p+1/t22-,23-,30+/m0/s1. The molecule has 1 saturated carbocycles. The Morgan fingerprint density at radius 1 is 1.03 bits per heavy atom. The third-order valence-electron chi connectivity index (χ3n) is 6.63. The molecule has 3 rings (SSSR count). The van der Waals surface area contributed by atoms with Crippen LogP contribution in [-0.2, 0) is 31.5 Å². The molecule has 0 unspecified atom stereocenters. The molecule has 168 valence electrons. The monoisotopic (exact) mass is 434 g/mol. The van der Waals surface area contributed by atoms with E-state index in [2.05, 4.69) is 45.0 Å². The molecule has 5 heteroatoms. The maximum absolute atomic E-state index is 13.2. The Balaban J connectivity index is 1.52. The van der Waals surface area contributed by atoms with Crippen LogP contribution in [0.1, 0.15) is 83.3 Å². The Hall–Kier alpha value is -1.20. The van der Waals surface area contributed by atoms with Gasteiger partial charge in [-0.3, -0.25) is 9.00 Å². The normalized spacial score (nSPS) is 24.4. The summed E-state index contributed by atoms with van der Waals surface area (Å²) in [4.78, 5) is 14.0. The molecule has 0 radical (unpaired) electrons. The number of piperidine rings is 1. The van der Waals surface area contributed by atoms with Crippen molar-refractivity contribution in [2.75, 3.05) is 19.6 Å². The third kappa shape index (κ3) is 6.91. The zero-order valence-corrected chi connectivity index (χ0v) is 19.9. The van der Waals surface area contributed by atoms with E-state index in [0.29, 0.717) is 12.2 Å². The van der Waals surface area contributed by atoms with Crippen LogP contribution in [0.2, 0.25) is 0 Å². The van der Waals surface area contributed by atoms with Crippen LogP contribution >= 0.6 is 0 Å². The topological polar surface area (TPSA) is 47.8 Å². The number of quaternary nitrogens is 1. The van der Waals surface area contributed by atoms with Gasteiger partial charge in [0.05, 0.1) is 31.3 Å². The SMILES string of the molecule is CC(C)(C)c1ccc(C[S@@](=O)[C@H]2CCCC[C@@H]2OC(=O)CC[NH+]2CCCCC2)cc1. The molecule has 0 spiro atoms. The van der Waals surface area contributed by atoms with Gasteiger partial charge < -0.3 is 9.64 Å². The van der Waals surface area contributed by atoms with Crippen molar-refractivity contribution in [1.82, 2.24) is 0 Å². The second kappa shape index (κ2) is 10.9. The minimum atomic E-state index is -1.02. The zero-order chi connectivity index (χ0) is 21.6. The van der Waals surface area contributed by atoms with E-state index in [1.54, 1.807) is 0 Å². The second-order valence-electron chi connectivity index (χ2n) is 10.1. The molecular weight excluding hydrogens is 394 g/mol. The molecule has 1 aromatic rings. The first-order valence-electron chi connectivity index (χ1n) is 11.8. The number of carbonyl (C=O) groups is 1. The number of hydrogen-bond donors (Lipinski definition) is 1. The first-order chi connectivity index (χ1) is 14.3. The maximum atomic E-state index is 13.2. The maximum Gasteiger partial charge on any atom is 0.311 e. The van der Waals surface area contributed by atoms with E-state index >= 15 is 0 Å². The molecule has 30 heavy (non-hydrogen) atoms. The van der Waals surface area contributed by atoms with Gasteiger partial charge >= 0.3 is 5.97 Å². The Bertz CT molecular complexity index is 704. The minimum absolute atomic E-state index is 0.0349. The number of rotatable bonds is 7. The van der Waals surface area contributed by atoms with Gasteiger partial charge in [-0.15, -0.1) is 0 Å². The highest BCUT2D eigenvalue weighted by atomic mass is 32.2. The van der Waals surface area contributed by atoms with Gasteiger partial charge in [-0.05, 0) is 55.1 Å². The lowest BCUT2D eigenvalue weighted by Crippen LogP contribution is -3.12. The Morgan fingerprint density at radius 2 is 1.70 bits per heavy atom. The molecular formula is C25H40NO3S+. The number of hydrogen-bond acceptors (Lipinski definition) is 3. The van der Waals surface area contributed by atoms with E-state index in [-0.39, 0.29) is 22.7 Å². The lowest BCUT2D eigenvalue weighted by molar-refractivity contribution is -0.904. The van der Waals surface area contributed by atoms with Crippen LogP contribution in [0.15, 0.2) is 24.3 Å². The van der Waals surface area contributed by atoms with E-state index in [9.17, 15) is 9.00 Å². The summed E-state index contributed by atoms with van der Waals surface area (Å²) in [5.41, 5.74) is 2.51. The molecule has 3 atom stereocenters. The van der Waals surface area contributed by atoms with Gasteiger partial charge in [-0.1, -0.05) is 51.5 Å². The van der Waals surface area contributed by atoms with E-state index in [4.69, 9.17) is 4.74 Å². The van der Waals surface area contributed by atoms with Gasteiger partial charge in [0, 0.05) is 16.6 Å². The van der Waals surface area contributed by atoms with E-state index in [1.165, 1.54) is 42.8 Å². The summed E-state index contributed by atoms with van der Waals surface area (Å²) < 4.78 is 19.0. The zero-order valence-electron chi connectivity index (χ0n) is 19.1. The van der Waals surface area contributed by atoms with Crippen molar-refractivity contribution in [3.63, 3.8) is 0 Å². The predicted molar refractivity (Wildman–Crippen MR) is 123 cm³/mol. The van der Waals surface area contributed by atoms with Gasteiger partial charge in [0.1, 0.15) is 6.10 Å². The van der Waals surface area contributed by atoms with Crippen molar-refractivity contribution >= 4 is 16.8 Å². The van der Waals surface area contributed by atoms with Gasteiger partial charge in [-0.25, -0.2) is 0 Å². The quantitative estimate of drug-likeness (QED) is 0.668. The first-order valence-corrected chi connectivity index (χ1v) is 13.2. The summed E-state index contributed by atoms with van der Waals surface area (Å²) >= 11 is 0. The van der Waals surface area contributed by atoms with Crippen molar-refractivity contribution in [3.8, 4) is 0 Å². The fourth-order valence-corrected chi connectivity index (χ4v) is 6.37. The largest absolute Gasteiger partial charge is 0.461 e. The van der Waals surface area contributed by atoms with Crippen LogP contribution in [0.5, 0.6) is 0 Å². The number of nitrogens with one attached hydrogen (secondary N) is 1. The molecule has 0 bridgehead atoms. The van der Waals surface area contributed by atoms with Gasteiger partial charge in [0.25, 0.3) is 0 Å². The number of likely N-dealkylation sites (tertiary alicyclic amines) is 1. The molecule has 2 fully saturated rings. The van der Waals surface area contributed by atoms with Crippen LogP contribution in [0.3, 0.4) is 0 Å². The number of ether oxygens (including phenoxy) is 1. The fraction of sp³-hybridized carbons (Fsp3) is 0.720. The van der Waals surface area contributed by atoms with Gasteiger partial charge in [0.15, 0.2) is 0 Å². The van der Waals surface area contributed by atoms with Crippen molar-refractivity contribution in [2.45, 2.75) is 94.7 Å². The summed E-state index contributed by atoms with van der Waals surface area (Å²) in [7, 11) is -1.02. The molecule has 0 amide bonds. The first kappa shape index (κ1) is 23.5. The van der Waals surface area contributed by atoms with Crippen LogP contribution in [0, 0.1) is 0 Å². The van der Waals surface area contributed by atoms with Crippen molar-refractivity contribution in [1.29, 1.82) is 0 Å². The highest BCUT2D eigenvalue weighted by Gasteiger charge is 2.33. The number of esters is 1. The summed E-state index contributed by atoms with van der Waals surface area (Å²) in [6, 6.07) is 8.50. The lowest BCUT2D eigenvalue weighted by atomic mass is 9.87. The molecule has 1 saturated heterocycles. The summed E-state index contributed by atoms with van der Waals surface area (Å²) in [6.07, 6.45) is 8.04. The summed E-state index contributed by atoms with van der Waals surface area (Å²) in [5.74, 6) is 0.442. The molecule has 2 aliphatic rings. The second-order valence-corrected chi connectivity index (χ2v) is 11.8. The van der Waals surface area contributed by atoms with Crippen molar-refractivity contribution in [2.24, 2.45) is 0 Å². The van der Waals surface area contributed by atoms with Crippen LogP contribution in [0.25, 0.3) is 0 Å². The molecule has 1 aliphatic heterocycles. The lowest BCUT2D eigenvalue weighted by Gasteiger charge is -2.31. The fourth-order valence-electron chi connectivity index (χ4n) is 4.68. The van der Waals surface area contributed by atoms with Crippen LogP contribution < -0.4 is 4.90 Å². The van der Waals surface area contributed by atoms with E-state index in [0.717, 1.165) is 37.8 Å². The minimum Gasteiger partial charge on any atom is -0.461 e. The number of benzene rings is 1. The molecule has 1 aromatic carbocycles. The van der Waals surface area contributed by atoms with Crippen molar-refractivity contribution < 1.29 is 18.6 Å². The highest BCUT2D eigenvalue weighted by molar-refractivity contribution is 7.84. The Labute approximate surface area is 185 Å². The predicted octanol–water partition coefficient (Wildman–Crippen LogP) is 3.55. The Kier molecular flexibility index (Phi) is 8.52. The van der Waals surface area contributed by atoms with Crippen LogP contribution in [-0.4, -0.2) is 41.2 Å². The smallest absolute Gasteiger partial charge is 0.311 e. The summed E-state index contributed by atoms with van der Waals surface area (Å²) in [5, 5.41) is -0.0349. The average molecular weight is 435 g/mol. The average Bonchev–Trinajstić information content (AvgIpc) is 2.73. The van der Waals surface area contributed by atoms with Gasteiger partial charge in [-0.2, -0.15) is 0 Å². The molecule has 0 aromatic heterocycles. The van der Waals surface area contributed by atoms with E-state index < -0.39 is 10.8 Å². The summed E-state index contributed by atoms with van der Waals surface area (Å²) in [6.45, 7) is 9.84. The van der Waals surface area contributed by atoms with E-state index in [1.807, 2.05) is 0 Å². The highest BCUT2D eigenvalue weighted by Crippen LogP contribution is 2.28. The van der Waals surface area contributed by atoms with Gasteiger partial charge in [0.2, 0.25) is 0 Å². The third-order valence-corrected chi connectivity index (χ3v) is 8.47. The number of carbonyl (C=O) groups excluding carboxylic acids is 1. The van der Waals surface area contributed by atoms with Crippen molar-refractivity contribution in [3.05, 3.63) is 35.4 Å². The van der Waals surface area contributed by atoms with Crippen LogP contribution in [0.4, 0.5) is 0 Å². The molecule has 1 heterocycles. The molecule has 1 aliphatic carbocycles. The molecule has 4 nitrogen and oxygen atoms in total.